The summed E-state index contributed by atoms with van der Waals surface area (Å²) in [5.41, 5.74) is 0.972. The second-order valence-corrected chi connectivity index (χ2v) is 21.9. The lowest BCUT2D eigenvalue weighted by molar-refractivity contribution is -0.162. The molecular formula is C43H58O14P2. The fraction of sp³-hybridized carbons (Fsp3) is 0.488. The zero-order chi connectivity index (χ0) is 44.2. The maximum absolute atomic E-state index is 15.3. The number of rotatable bonds is 19. The highest BCUT2D eigenvalue weighted by molar-refractivity contribution is 7.72. The molecule has 3 aromatic rings. The van der Waals surface area contributed by atoms with Crippen molar-refractivity contribution in [1.29, 1.82) is 0 Å². The van der Waals surface area contributed by atoms with E-state index in [2.05, 4.69) is 0 Å². The normalized spacial score (nSPS) is 13.9. The highest BCUT2D eigenvalue weighted by Crippen LogP contribution is 2.71. The van der Waals surface area contributed by atoms with E-state index in [0.29, 0.717) is 5.56 Å². The van der Waals surface area contributed by atoms with Crippen LogP contribution in [0, 0.1) is 22.2 Å². The van der Waals surface area contributed by atoms with E-state index in [1.807, 2.05) is 60.7 Å². The number of carbonyl (C=O) groups excluding carboxylic acids is 4. The quantitative estimate of drug-likeness (QED) is 0.0481. The van der Waals surface area contributed by atoms with Crippen molar-refractivity contribution in [3.8, 4) is 22.3 Å². The van der Waals surface area contributed by atoms with Crippen LogP contribution in [-0.2, 0) is 71.8 Å². The fourth-order valence-electron chi connectivity index (χ4n) is 4.85. The molecule has 0 aliphatic carbocycles. The van der Waals surface area contributed by atoms with E-state index < -0.39 is 100 Å². The lowest BCUT2D eigenvalue weighted by Gasteiger charge is -2.32. The molecule has 0 heterocycles. The molecule has 324 valence electrons. The van der Waals surface area contributed by atoms with Crippen molar-refractivity contribution >= 4 is 39.1 Å². The molecule has 59 heavy (non-hydrogen) atoms. The van der Waals surface area contributed by atoms with Crippen molar-refractivity contribution in [2.24, 2.45) is 22.2 Å². The van der Waals surface area contributed by atoms with Crippen molar-refractivity contribution in [3.05, 3.63) is 84.4 Å². The van der Waals surface area contributed by atoms with E-state index in [1.165, 1.54) is 0 Å². The summed E-state index contributed by atoms with van der Waals surface area (Å²) in [4.78, 5) is 50.7. The minimum Gasteiger partial charge on any atom is -0.438 e. The van der Waals surface area contributed by atoms with Gasteiger partial charge in [-0.3, -0.25) is 46.4 Å². The van der Waals surface area contributed by atoms with Crippen LogP contribution in [0.1, 0.15) is 81.7 Å². The van der Waals surface area contributed by atoms with Crippen LogP contribution in [0.15, 0.2) is 78.9 Å². The molecule has 0 aliphatic rings. The van der Waals surface area contributed by atoms with E-state index in [4.69, 9.17) is 37.0 Å². The van der Waals surface area contributed by atoms with Crippen LogP contribution in [0.2, 0.25) is 0 Å². The minimum absolute atomic E-state index is 0.424. The predicted molar refractivity (Wildman–Crippen MR) is 221 cm³/mol. The van der Waals surface area contributed by atoms with E-state index in [9.17, 15) is 19.2 Å². The van der Waals surface area contributed by atoms with Gasteiger partial charge in [0.05, 0.1) is 22.2 Å². The van der Waals surface area contributed by atoms with E-state index in [-0.39, 0.29) is 0 Å². The highest BCUT2D eigenvalue weighted by atomic mass is 31.2. The van der Waals surface area contributed by atoms with Crippen LogP contribution in [0.4, 0.5) is 0 Å². The van der Waals surface area contributed by atoms with Crippen molar-refractivity contribution in [2.75, 3.05) is 27.2 Å². The standard InChI is InChI=1S/C43H58O14P2/c1-30(2)37(44)50-26-54-58(48,55-27-51-38(45)41(3,4)5)36(59(49,56-28-52-39(46)42(6,7)8)57-29-53-40(47)43(9,10)11)24-31-17-15-20-33(23-31)35-22-16-21-34(25-35)32-18-13-12-14-19-32/h12-23,25,30,36H,24,26-29H2,1-11H3. The average Bonchev–Trinajstić information content (AvgIpc) is 3.16. The van der Waals surface area contributed by atoms with Crippen LogP contribution >= 0.6 is 15.2 Å². The van der Waals surface area contributed by atoms with Crippen LogP contribution in [-0.4, -0.2) is 56.4 Å². The van der Waals surface area contributed by atoms with Gasteiger partial charge in [-0.25, -0.2) is 0 Å². The summed E-state index contributed by atoms with van der Waals surface area (Å²) in [5.74, 6) is -3.49. The molecule has 2 unspecified atom stereocenters. The molecule has 14 nitrogen and oxygen atoms in total. The maximum Gasteiger partial charge on any atom is 0.351 e. The van der Waals surface area contributed by atoms with Gasteiger partial charge in [0.25, 0.3) is 0 Å². The highest BCUT2D eigenvalue weighted by Gasteiger charge is 2.53. The Balaban J connectivity index is 2.19. The van der Waals surface area contributed by atoms with E-state index in [0.717, 1.165) is 22.3 Å². The Hall–Kier alpha value is -4.16. The van der Waals surface area contributed by atoms with Gasteiger partial charge in [-0.2, -0.15) is 0 Å². The summed E-state index contributed by atoms with van der Waals surface area (Å²) in [5, 5.41) is -1.94. The van der Waals surface area contributed by atoms with Gasteiger partial charge in [0.1, 0.15) is 0 Å². The number of hydrogen-bond acceptors (Lipinski definition) is 14. The molecule has 0 aromatic heterocycles. The van der Waals surface area contributed by atoms with Crippen LogP contribution < -0.4 is 0 Å². The predicted octanol–water partition coefficient (Wildman–Crippen LogP) is 10.1. The number of carbonyl (C=O) groups is 4. The Bertz CT molecular complexity index is 1960. The van der Waals surface area contributed by atoms with Crippen LogP contribution in [0.3, 0.4) is 0 Å². The summed E-state index contributed by atoms with van der Waals surface area (Å²) < 4.78 is 74.4. The molecule has 0 radical (unpaired) electrons. The first kappa shape index (κ1) is 49.2. The first-order valence-corrected chi connectivity index (χ1v) is 22.3. The summed E-state index contributed by atoms with van der Waals surface area (Å²) in [6.45, 7) is 13.7. The molecule has 0 aliphatic heterocycles. The van der Waals surface area contributed by atoms with E-state index in [1.54, 1.807) is 94.4 Å². The third kappa shape index (κ3) is 15.1. The van der Waals surface area contributed by atoms with Gasteiger partial charge in [-0.05, 0) is 103 Å². The van der Waals surface area contributed by atoms with Gasteiger partial charge < -0.3 is 18.9 Å². The number of ether oxygens (including phenoxy) is 4. The maximum atomic E-state index is 15.3. The van der Waals surface area contributed by atoms with Gasteiger partial charge in [0, 0.05) is 0 Å². The first-order chi connectivity index (χ1) is 27.4. The van der Waals surface area contributed by atoms with E-state index >= 15 is 9.13 Å². The van der Waals surface area contributed by atoms with Crippen molar-refractivity contribution < 1.29 is 65.4 Å². The summed E-state index contributed by atoms with van der Waals surface area (Å²) in [6.07, 6.45) is -0.424. The molecule has 0 fully saturated rings. The SMILES string of the molecule is CC(C)C(=O)OCOP(=O)(OCOC(=O)C(C)(C)C)C(Cc1cccc(-c2cccc(-c3ccccc3)c2)c1)P(=O)(OCOC(=O)C(C)(C)C)OCOC(=O)C(C)(C)C. The van der Waals surface area contributed by atoms with Gasteiger partial charge in [-0.15, -0.1) is 0 Å². The molecule has 0 N–H and O–H groups in total. The number of benzene rings is 3. The average molecular weight is 861 g/mol. The van der Waals surface area contributed by atoms with Gasteiger partial charge >= 0.3 is 39.1 Å². The third-order valence-electron chi connectivity index (χ3n) is 8.39. The largest absolute Gasteiger partial charge is 0.438 e. The molecule has 3 rings (SSSR count). The molecule has 16 heteroatoms. The molecule has 3 aromatic carbocycles. The Kier molecular flexibility index (Phi) is 17.4. The van der Waals surface area contributed by atoms with Gasteiger partial charge in [0.2, 0.25) is 27.2 Å². The lowest BCUT2D eigenvalue weighted by atomic mass is 9.97. The molecular weight excluding hydrogens is 802 g/mol. The summed E-state index contributed by atoms with van der Waals surface area (Å²) in [6, 6.07) is 24.6. The second-order valence-electron chi connectivity index (χ2n) is 17.1. The number of hydrogen-bond donors (Lipinski definition) is 0. The lowest BCUT2D eigenvalue weighted by Crippen LogP contribution is -2.28. The number of esters is 4. The molecule has 0 amide bonds. The Morgan fingerprint density at radius 3 is 1.25 bits per heavy atom. The minimum atomic E-state index is -5.00. The summed E-state index contributed by atoms with van der Waals surface area (Å²) in [7, 11) is -9.98. The Morgan fingerprint density at radius 1 is 0.492 bits per heavy atom. The van der Waals surface area contributed by atoms with Crippen molar-refractivity contribution in [2.45, 2.75) is 88.0 Å². The van der Waals surface area contributed by atoms with Gasteiger partial charge in [0.15, 0.2) is 5.40 Å². The zero-order valence-corrected chi connectivity index (χ0v) is 37.6. The van der Waals surface area contributed by atoms with Crippen molar-refractivity contribution in [3.63, 3.8) is 0 Å². The Labute approximate surface area is 347 Å². The fourth-order valence-corrected chi connectivity index (χ4v) is 9.54. The van der Waals surface area contributed by atoms with Crippen molar-refractivity contribution in [1.82, 2.24) is 0 Å². The second kappa shape index (κ2) is 20.9. The molecule has 0 saturated carbocycles. The monoisotopic (exact) mass is 860 g/mol. The summed E-state index contributed by atoms with van der Waals surface area (Å²) >= 11 is 0. The van der Waals surface area contributed by atoms with Crippen LogP contribution in [0.25, 0.3) is 22.3 Å². The third-order valence-corrected chi connectivity index (χ3v) is 13.8. The first-order valence-electron chi connectivity index (χ1n) is 19.1. The van der Waals surface area contributed by atoms with Crippen LogP contribution in [0.5, 0.6) is 0 Å². The molecule has 0 spiro atoms. The van der Waals surface area contributed by atoms with Gasteiger partial charge in [-0.1, -0.05) is 86.6 Å². The Morgan fingerprint density at radius 2 is 0.847 bits per heavy atom. The molecule has 0 saturated heterocycles. The topological polar surface area (TPSA) is 176 Å². The molecule has 0 bridgehead atoms. The molecule has 2 atom stereocenters. The smallest absolute Gasteiger partial charge is 0.351 e. The zero-order valence-electron chi connectivity index (χ0n) is 35.8.